The molecule has 1 heterocycles. The molecule has 70 valence electrons. The van der Waals surface area contributed by atoms with Crippen LogP contribution in [0.3, 0.4) is 0 Å². The predicted molar refractivity (Wildman–Crippen MR) is 58.8 cm³/mol. The molecule has 0 saturated carbocycles. The fraction of sp³-hybridized carbons (Fsp3) is 0.0909. The Labute approximate surface area is 92.8 Å². The van der Waals surface area contributed by atoms with Crippen LogP contribution in [-0.4, -0.2) is 21.3 Å². The van der Waals surface area contributed by atoms with Gasteiger partial charge in [-0.2, -0.15) is 0 Å². The maximum absolute atomic E-state index is 5.38. The summed E-state index contributed by atoms with van der Waals surface area (Å²) in [6.45, 7) is 2.16. The van der Waals surface area contributed by atoms with Crippen LogP contribution in [0, 0.1) is 6.92 Å². The second kappa shape index (κ2) is 3.13. The fourth-order valence-electron chi connectivity index (χ4n) is 1.78. The maximum atomic E-state index is 5.38. The van der Waals surface area contributed by atoms with E-state index in [0.717, 1.165) is 0 Å². The molecular formula is C11H9NOTe. The first-order valence-electron chi connectivity index (χ1n) is 4.48. The number of benzene rings is 2. The first-order valence-corrected chi connectivity index (χ1v) is 6.60. The monoisotopic (exact) mass is 301 g/mol. The van der Waals surface area contributed by atoms with E-state index in [9.17, 15) is 0 Å². The predicted octanol–water partition coefficient (Wildman–Crippen LogP) is 1.75. The molecule has 1 aliphatic heterocycles. The molecular weight excluding hydrogens is 290 g/mol. The van der Waals surface area contributed by atoms with Gasteiger partial charge in [-0.25, -0.2) is 0 Å². The summed E-state index contributed by atoms with van der Waals surface area (Å²) < 4.78 is 6.80. The Morgan fingerprint density at radius 2 is 2.14 bits per heavy atom. The van der Waals surface area contributed by atoms with Crippen LogP contribution < -0.4 is 9.09 Å². The van der Waals surface area contributed by atoms with Crippen LogP contribution >= 0.6 is 0 Å². The molecule has 0 saturated heterocycles. The molecule has 0 unspecified atom stereocenters. The topological polar surface area (TPSA) is 21.3 Å². The Bertz CT molecular complexity index is 510. The summed E-state index contributed by atoms with van der Waals surface area (Å²) in [5.41, 5.74) is 5.59. The summed E-state index contributed by atoms with van der Waals surface area (Å²) in [5.74, 6) is 0. The Kier molecular flexibility index (Phi) is 1.91. The van der Waals surface area contributed by atoms with Crippen molar-refractivity contribution in [3.63, 3.8) is 0 Å². The summed E-state index contributed by atoms with van der Waals surface area (Å²) in [5, 5.41) is 2.56. The van der Waals surface area contributed by atoms with Gasteiger partial charge in [0.1, 0.15) is 0 Å². The molecule has 0 spiro atoms. The molecule has 0 fully saturated rings. The van der Waals surface area contributed by atoms with Crippen molar-refractivity contribution in [3.8, 4) is 0 Å². The molecule has 0 aromatic heterocycles. The van der Waals surface area contributed by atoms with Crippen molar-refractivity contribution in [1.82, 2.24) is 0 Å². The van der Waals surface area contributed by atoms with E-state index < -0.39 is 21.3 Å². The first kappa shape index (κ1) is 8.55. The van der Waals surface area contributed by atoms with E-state index in [1.807, 2.05) is 0 Å². The number of hydrogen-bond donors (Lipinski definition) is 1. The molecule has 3 rings (SSSR count). The molecule has 2 nitrogen and oxygen atoms in total. The Morgan fingerprint density at radius 3 is 3.07 bits per heavy atom. The van der Waals surface area contributed by atoms with Gasteiger partial charge >= 0.3 is 92.9 Å². The number of fused-ring (bicyclic) bond motifs is 3. The van der Waals surface area contributed by atoms with Gasteiger partial charge < -0.3 is 0 Å². The Morgan fingerprint density at radius 1 is 1.29 bits per heavy atom. The normalized spacial score (nSPS) is 14.1. The van der Waals surface area contributed by atoms with Gasteiger partial charge in [0.05, 0.1) is 0 Å². The molecule has 1 N–H and O–H groups in total. The van der Waals surface area contributed by atoms with Crippen molar-refractivity contribution < 1.29 is 3.20 Å². The summed E-state index contributed by atoms with van der Waals surface area (Å²) in [6, 6.07) is 10.7. The second-order valence-corrected chi connectivity index (χ2v) is 5.50. The number of hydrogen-bond acceptors (Lipinski definition) is 2. The van der Waals surface area contributed by atoms with Crippen molar-refractivity contribution in [2.24, 2.45) is 0 Å². The average molecular weight is 299 g/mol. The zero-order valence-corrected chi connectivity index (χ0v) is 10.0. The van der Waals surface area contributed by atoms with Crippen molar-refractivity contribution in [2.75, 3.05) is 5.48 Å². The van der Waals surface area contributed by atoms with Gasteiger partial charge in [-0.1, -0.05) is 0 Å². The Balaban J connectivity index is 2.46. The SMILES string of the molecule is Cc1cc2ccccc2c2c1[Te]ON2. The van der Waals surface area contributed by atoms with Crippen LogP contribution in [-0.2, 0) is 3.20 Å². The van der Waals surface area contributed by atoms with Crippen LogP contribution in [0.25, 0.3) is 10.8 Å². The van der Waals surface area contributed by atoms with Crippen molar-refractivity contribution in [1.29, 1.82) is 0 Å². The van der Waals surface area contributed by atoms with Gasteiger partial charge in [-0.15, -0.1) is 0 Å². The summed E-state index contributed by atoms with van der Waals surface area (Å²) in [4.78, 5) is 0. The molecule has 2 aromatic rings. The minimum atomic E-state index is -0.459. The standard InChI is InChI=1S/C11H9NOTe/c1-7-6-8-4-2-3-5-9(8)10-11(7)14-13-12-10/h2-6,12H,1H3. The van der Waals surface area contributed by atoms with Crippen LogP contribution in [0.1, 0.15) is 5.56 Å². The van der Waals surface area contributed by atoms with Gasteiger partial charge in [-0.05, 0) is 0 Å². The van der Waals surface area contributed by atoms with Gasteiger partial charge in [0.2, 0.25) is 0 Å². The van der Waals surface area contributed by atoms with Crippen LogP contribution in [0.2, 0.25) is 0 Å². The molecule has 14 heavy (non-hydrogen) atoms. The molecule has 0 atom stereocenters. The van der Waals surface area contributed by atoms with Gasteiger partial charge in [0, 0.05) is 0 Å². The zero-order valence-electron chi connectivity index (χ0n) is 7.70. The second-order valence-electron chi connectivity index (χ2n) is 3.39. The Hall–Kier alpha value is -0.750. The van der Waals surface area contributed by atoms with E-state index >= 15 is 0 Å². The minimum absolute atomic E-state index is 0.459. The molecule has 0 amide bonds. The summed E-state index contributed by atoms with van der Waals surface area (Å²) in [7, 11) is 0. The third-order valence-corrected chi connectivity index (χ3v) is 4.91. The first-order chi connectivity index (χ1) is 6.86. The summed E-state index contributed by atoms with van der Waals surface area (Å²) >= 11 is -0.459. The molecule has 3 heteroatoms. The molecule has 2 aromatic carbocycles. The van der Waals surface area contributed by atoms with Crippen LogP contribution in [0.5, 0.6) is 0 Å². The number of rotatable bonds is 0. The molecule has 1 aliphatic rings. The van der Waals surface area contributed by atoms with E-state index in [-0.39, 0.29) is 0 Å². The quantitative estimate of drug-likeness (QED) is 0.748. The van der Waals surface area contributed by atoms with E-state index in [1.165, 1.54) is 25.6 Å². The van der Waals surface area contributed by atoms with Crippen LogP contribution in [0.15, 0.2) is 30.3 Å². The van der Waals surface area contributed by atoms with Crippen LogP contribution in [0.4, 0.5) is 5.69 Å². The van der Waals surface area contributed by atoms with E-state index in [4.69, 9.17) is 3.20 Å². The number of anilines is 1. The van der Waals surface area contributed by atoms with E-state index in [2.05, 4.69) is 42.7 Å². The fourth-order valence-corrected chi connectivity index (χ4v) is 3.59. The van der Waals surface area contributed by atoms with Gasteiger partial charge in [0.15, 0.2) is 0 Å². The summed E-state index contributed by atoms with van der Waals surface area (Å²) in [6.07, 6.45) is 0. The molecule has 0 bridgehead atoms. The molecule has 0 radical (unpaired) electrons. The average Bonchev–Trinajstić information content (AvgIpc) is 2.67. The van der Waals surface area contributed by atoms with Crippen molar-refractivity contribution in [2.45, 2.75) is 6.92 Å². The van der Waals surface area contributed by atoms with E-state index in [1.54, 1.807) is 0 Å². The van der Waals surface area contributed by atoms with Gasteiger partial charge in [0.25, 0.3) is 0 Å². The number of aryl methyl sites for hydroxylation is 1. The number of nitrogens with one attached hydrogen (secondary N) is 1. The van der Waals surface area contributed by atoms with Gasteiger partial charge in [-0.3, -0.25) is 0 Å². The third kappa shape index (κ3) is 1.14. The van der Waals surface area contributed by atoms with Crippen molar-refractivity contribution >= 4 is 41.4 Å². The van der Waals surface area contributed by atoms with E-state index in [0.29, 0.717) is 0 Å². The molecule has 0 aliphatic carbocycles. The third-order valence-electron chi connectivity index (χ3n) is 2.46. The zero-order chi connectivity index (χ0) is 9.54. The van der Waals surface area contributed by atoms with Crippen molar-refractivity contribution in [3.05, 3.63) is 35.9 Å².